The van der Waals surface area contributed by atoms with Crippen molar-refractivity contribution in [2.24, 2.45) is 0 Å². The minimum absolute atomic E-state index is 0.123. The van der Waals surface area contributed by atoms with Gasteiger partial charge in [-0.3, -0.25) is 0 Å². The zero-order chi connectivity index (χ0) is 16.7. The molecule has 2 rings (SSSR count). The number of allylic oxidation sites excluding steroid dienone is 1. The van der Waals surface area contributed by atoms with Crippen molar-refractivity contribution >= 4 is 0 Å². The van der Waals surface area contributed by atoms with Crippen LogP contribution in [0.1, 0.15) is 30.4 Å². The zero-order valence-corrected chi connectivity index (χ0v) is 13.5. The van der Waals surface area contributed by atoms with Gasteiger partial charge in [-0.2, -0.15) is 0 Å². The Bertz CT molecular complexity index is 720. The van der Waals surface area contributed by atoms with E-state index in [1.807, 2.05) is 49.7 Å². The Hall–Kier alpha value is -2.79. The number of ether oxygens (including phenoxy) is 1. The Morgan fingerprint density at radius 1 is 1.26 bits per heavy atom. The van der Waals surface area contributed by atoms with Crippen LogP contribution in [0, 0.1) is 18.3 Å². The van der Waals surface area contributed by atoms with Crippen molar-refractivity contribution in [1.29, 1.82) is 0 Å². The summed E-state index contributed by atoms with van der Waals surface area (Å²) in [6, 6.07) is 15.0. The number of phenols is 1. The lowest BCUT2D eigenvalue weighted by Gasteiger charge is -2.12. The van der Waals surface area contributed by atoms with Crippen LogP contribution in [0.15, 0.2) is 60.7 Å². The Morgan fingerprint density at radius 3 is 2.65 bits per heavy atom. The quantitative estimate of drug-likeness (QED) is 0.640. The maximum Gasteiger partial charge on any atom is 0.120 e. The van der Waals surface area contributed by atoms with E-state index >= 15 is 0 Å². The summed E-state index contributed by atoms with van der Waals surface area (Å²) < 4.78 is 5.26. The molecule has 0 aliphatic carbocycles. The van der Waals surface area contributed by atoms with Crippen LogP contribution in [0.4, 0.5) is 0 Å². The molecule has 0 saturated heterocycles. The van der Waals surface area contributed by atoms with Gasteiger partial charge < -0.3 is 9.84 Å². The molecule has 2 aromatic rings. The first-order valence-corrected chi connectivity index (χ1v) is 7.52. The van der Waals surface area contributed by atoms with Crippen LogP contribution in [0.3, 0.4) is 0 Å². The predicted molar refractivity (Wildman–Crippen MR) is 94.5 cm³/mol. The van der Waals surface area contributed by atoms with Crippen molar-refractivity contribution in [3.63, 3.8) is 0 Å². The summed E-state index contributed by atoms with van der Waals surface area (Å²) in [6.45, 7) is 5.86. The molecule has 0 aliphatic rings. The van der Waals surface area contributed by atoms with Gasteiger partial charge >= 0.3 is 0 Å². The Balaban J connectivity index is 2.34. The summed E-state index contributed by atoms with van der Waals surface area (Å²) in [4.78, 5) is 0. The highest BCUT2D eigenvalue weighted by Gasteiger charge is 2.17. The number of phenolic OH excluding ortho intramolecular Hbond substituents is 1. The number of rotatable bonds is 5. The molecule has 0 heterocycles. The third kappa shape index (κ3) is 4.86. The van der Waals surface area contributed by atoms with E-state index in [1.165, 1.54) is 0 Å². The van der Waals surface area contributed by atoms with Crippen LogP contribution in [-0.4, -0.2) is 12.2 Å². The Morgan fingerprint density at radius 2 is 2.00 bits per heavy atom. The first-order chi connectivity index (χ1) is 11.1. The van der Waals surface area contributed by atoms with Gasteiger partial charge in [-0.25, -0.2) is 0 Å². The van der Waals surface area contributed by atoms with Gasteiger partial charge in [0.05, 0.1) is 25.0 Å². The molecule has 2 nitrogen and oxygen atoms in total. The maximum atomic E-state index is 10.2. The fraction of sp³-hybridized carbons (Fsp3) is 0.190. The second-order valence-electron chi connectivity index (χ2n) is 5.40. The van der Waals surface area contributed by atoms with E-state index in [0.717, 1.165) is 16.7 Å². The van der Waals surface area contributed by atoms with E-state index in [4.69, 9.17) is 4.74 Å². The smallest absolute Gasteiger partial charge is 0.120 e. The molecule has 2 aromatic carbocycles. The summed E-state index contributed by atoms with van der Waals surface area (Å²) >= 11 is 0. The van der Waals surface area contributed by atoms with Crippen LogP contribution >= 0.6 is 0 Å². The highest BCUT2D eigenvalue weighted by molar-refractivity contribution is 5.46. The molecule has 0 amide bonds. The lowest BCUT2D eigenvalue weighted by atomic mass is 9.92. The van der Waals surface area contributed by atoms with E-state index in [-0.39, 0.29) is 11.7 Å². The predicted octanol–water partition coefficient (Wildman–Crippen LogP) is 4.71. The molecule has 1 atom stereocenters. The highest BCUT2D eigenvalue weighted by atomic mass is 16.5. The number of hydrogen-bond donors (Lipinski definition) is 1. The SMILES string of the molecule is C=C(C)[CH+]C[C@H](C#Cc1ccccc1)c1cc(OC)ccc1O. The van der Waals surface area contributed by atoms with E-state index in [0.29, 0.717) is 12.2 Å². The summed E-state index contributed by atoms with van der Waals surface area (Å²) in [7, 11) is 1.61. The van der Waals surface area contributed by atoms with Crippen LogP contribution in [0.5, 0.6) is 11.5 Å². The van der Waals surface area contributed by atoms with Crippen molar-refractivity contribution in [2.45, 2.75) is 19.3 Å². The molecule has 116 valence electrons. The molecule has 0 aromatic heterocycles. The van der Waals surface area contributed by atoms with Gasteiger partial charge in [-0.05, 0) is 37.3 Å². The summed E-state index contributed by atoms with van der Waals surface area (Å²) in [5.41, 5.74) is 2.71. The fourth-order valence-corrected chi connectivity index (χ4v) is 2.21. The molecular weight excluding hydrogens is 284 g/mol. The van der Waals surface area contributed by atoms with Gasteiger partial charge in [-0.1, -0.05) is 30.0 Å². The minimum atomic E-state index is -0.123. The molecule has 0 bridgehead atoms. The van der Waals surface area contributed by atoms with E-state index < -0.39 is 0 Å². The number of methoxy groups -OCH3 is 1. The van der Waals surface area contributed by atoms with Crippen molar-refractivity contribution in [3.8, 4) is 23.3 Å². The topological polar surface area (TPSA) is 29.5 Å². The van der Waals surface area contributed by atoms with Crippen molar-refractivity contribution < 1.29 is 9.84 Å². The van der Waals surface area contributed by atoms with E-state index in [9.17, 15) is 5.11 Å². The van der Waals surface area contributed by atoms with Gasteiger partial charge in [0.1, 0.15) is 11.5 Å². The standard InChI is InChI=1S/C21H20O2/c1-16(2)9-11-18(12-10-17-7-5-4-6-8-17)20-15-19(23-3)13-14-21(20)22/h4-9,13-15,18H,1,11H2,2-3H3/p+1/t18-/m1/s1. The largest absolute Gasteiger partial charge is 0.508 e. The van der Waals surface area contributed by atoms with Crippen LogP contribution < -0.4 is 4.74 Å². The molecule has 2 heteroatoms. The molecule has 23 heavy (non-hydrogen) atoms. The molecule has 0 aliphatic heterocycles. The monoisotopic (exact) mass is 305 g/mol. The molecule has 1 N–H and O–H groups in total. The van der Waals surface area contributed by atoms with E-state index in [2.05, 4.69) is 18.4 Å². The van der Waals surface area contributed by atoms with Gasteiger partial charge in [0.2, 0.25) is 0 Å². The summed E-state index contributed by atoms with van der Waals surface area (Å²) in [5, 5.41) is 10.2. The lowest BCUT2D eigenvalue weighted by molar-refractivity contribution is 0.410. The van der Waals surface area contributed by atoms with Gasteiger partial charge in [-0.15, -0.1) is 0 Å². The third-order valence-electron chi connectivity index (χ3n) is 3.48. The molecule has 0 fully saturated rings. The van der Waals surface area contributed by atoms with E-state index in [1.54, 1.807) is 19.2 Å². The first-order valence-electron chi connectivity index (χ1n) is 7.52. The van der Waals surface area contributed by atoms with Crippen molar-refractivity contribution in [2.75, 3.05) is 7.11 Å². The molecule has 0 spiro atoms. The lowest BCUT2D eigenvalue weighted by Crippen LogP contribution is -1.99. The fourth-order valence-electron chi connectivity index (χ4n) is 2.21. The Labute approximate surface area is 138 Å². The third-order valence-corrected chi connectivity index (χ3v) is 3.48. The average Bonchev–Trinajstić information content (AvgIpc) is 2.56. The molecule has 0 saturated carbocycles. The normalized spacial score (nSPS) is 11.0. The highest BCUT2D eigenvalue weighted by Crippen LogP contribution is 2.32. The van der Waals surface area contributed by atoms with Gasteiger partial charge in [0.25, 0.3) is 0 Å². The van der Waals surface area contributed by atoms with Crippen LogP contribution in [-0.2, 0) is 0 Å². The van der Waals surface area contributed by atoms with Crippen LogP contribution in [0.25, 0.3) is 0 Å². The number of benzene rings is 2. The van der Waals surface area contributed by atoms with Gasteiger partial charge in [0.15, 0.2) is 0 Å². The number of aromatic hydroxyl groups is 1. The minimum Gasteiger partial charge on any atom is -0.508 e. The second-order valence-corrected chi connectivity index (χ2v) is 5.40. The van der Waals surface area contributed by atoms with Gasteiger partial charge in [0, 0.05) is 24.1 Å². The zero-order valence-electron chi connectivity index (χ0n) is 13.5. The van der Waals surface area contributed by atoms with Crippen molar-refractivity contribution in [3.05, 3.63) is 78.2 Å². The summed E-state index contributed by atoms with van der Waals surface area (Å²) in [6.07, 6.45) is 2.72. The Kier molecular flexibility index (Phi) is 5.77. The van der Waals surface area contributed by atoms with Crippen LogP contribution in [0.2, 0.25) is 0 Å². The molecule has 0 unspecified atom stereocenters. The van der Waals surface area contributed by atoms with Crippen molar-refractivity contribution in [1.82, 2.24) is 0 Å². The molecular formula is C21H21O2+. The summed E-state index contributed by atoms with van der Waals surface area (Å²) in [5.74, 6) is 7.26. The molecule has 0 radical (unpaired) electrons. The second kappa shape index (κ2) is 8.00. The number of hydrogen-bond acceptors (Lipinski definition) is 2. The first kappa shape index (κ1) is 16.6. The maximum absolute atomic E-state index is 10.2. The average molecular weight is 305 g/mol.